The minimum atomic E-state index is 0.952. The lowest BCUT2D eigenvalue weighted by Gasteiger charge is -2.04. The fourth-order valence-corrected chi connectivity index (χ4v) is 1.75. The van der Waals surface area contributed by atoms with Crippen LogP contribution in [-0.4, -0.2) is 9.96 Å². The van der Waals surface area contributed by atoms with Crippen molar-refractivity contribution >= 4 is 11.0 Å². The maximum absolute atomic E-state index is 7.99. The van der Waals surface area contributed by atoms with Crippen molar-refractivity contribution in [3.63, 3.8) is 0 Å². The molecule has 14 heavy (non-hydrogen) atoms. The third-order valence-corrected chi connectivity index (χ3v) is 3.14. The zero-order valence-electron chi connectivity index (χ0n) is 10.4. The first-order chi connectivity index (χ1) is 6.95. The Hall–Kier alpha value is -1.31. The highest BCUT2D eigenvalue weighted by atomic mass is 14.8. The topological polar surface area (TPSA) is 28.7 Å². The van der Waals surface area contributed by atoms with Gasteiger partial charge in [0.2, 0.25) is 0 Å². The van der Waals surface area contributed by atoms with Gasteiger partial charge in [0.05, 0.1) is 11.0 Å². The number of nitrogens with zero attached hydrogens (tertiary/aromatic N) is 1. The maximum Gasteiger partial charge on any atom is 0.166 e. The molecule has 0 saturated heterocycles. The number of aryl methyl sites for hydroxylation is 3. The number of hydrogen-bond donors (Lipinski definition) is 1. The van der Waals surface area contributed by atoms with Gasteiger partial charge in [0, 0.05) is 11.4 Å². The lowest BCUT2D eigenvalue weighted by Crippen LogP contribution is -1.92. The van der Waals surface area contributed by atoms with E-state index in [9.17, 15) is 0 Å². The lowest BCUT2D eigenvalue weighted by atomic mass is 10.1. The third-order valence-electron chi connectivity index (χ3n) is 3.14. The molecule has 0 aliphatic rings. The smallest absolute Gasteiger partial charge is 0.166 e. The minimum Gasteiger partial charge on any atom is -0.357 e. The van der Waals surface area contributed by atoms with E-state index in [1.54, 1.807) is 0 Å². The Balaban J connectivity index is 3.06. The number of pyridine rings is 1. The van der Waals surface area contributed by atoms with Crippen molar-refractivity contribution in [1.29, 1.82) is 0 Å². The highest BCUT2D eigenvalue weighted by Gasteiger charge is 2.10. The number of rotatable bonds is 0. The number of fused-ring (bicyclic) bond motifs is 1. The number of aromatic amines is 1. The van der Waals surface area contributed by atoms with Gasteiger partial charge in [-0.25, -0.2) is 0 Å². The Kier molecular flexibility index (Phi) is 1.63. The third kappa shape index (κ3) is 1.07. The Morgan fingerprint density at radius 3 is 2.29 bits per heavy atom. The van der Waals surface area contributed by atoms with E-state index < -0.39 is 0 Å². The molecule has 0 spiro atoms. The summed E-state index contributed by atoms with van der Waals surface area (Å²) in [6, 6.07) is 0. The Morgan fingerprint density at radius 1 is 1.00 bits per heavy atom. The summed E-state index contributed by atoms with van der Waals surface area (Å²) in [6.45, 7) is 10.2. The first kappa shape index (κ1) is 8.04. The molecule has 0 fully saturated rings. The van der Waals surface area contributed by atoms with Crippen molar-refractivity contribution < 1.29 is 1.41 Å². The monoisotopic (exact) mass is 189 g/mol. The van der Waals surface area contributed by atoms with Gasteiger partial charge in [-0.15, -0.1) is 0 Å². The van der Waals surface area contributed by atoms with Crippen LogP contribution in [0.25, 0.3) is 11.0 Å². The van der Waals surface area contributed by atoms with Crippen LogP contribution in [-0.2, 0) is 0 Å². The van der Waals surface area contributed by atoms with E-state index in [1.807, 2.05) is 20.8 Å². The predicted molar refractivity (Wildman–Crippen MR) is 59.8 cm³/mol. The molecule has 2 heterocycles. The second kappa shape index (κ2) is 2.84. The lowest BCUT2D eigenvalue weighted by molar-refractivity contribution is 1.16. The van der Waals surface area contributed by atoms with Crippen LogP contribution in [0.3, 0.4) is 0 Å². The van der Waals surface area contributed by atoms with Crippen molar-refractivity contribution in [1.82, 2.24) is 9.96 Å². The van der Waals surface area contributed by atoms with Gasteiger partial charge in [-0.3, -0.25) is 4.98 Å². The summed E-state index contributed by atoms with van der Waals surface area (Å²) in [5, 5.41) is 0. The van der Waals surface area contributed by atoms with Crippen LogP contribution in [0.15, 0.2) is 0 Å². The summed E-state index contributed by atoms with van der Waals surface area (Å²) in [5.74, 6) is 0. The molecule has 2 nitrogen and oxygen atoms in total. The highest BCUT2D eigenvalue weighted by molar-refractivity contribution is 5.84. The minimum absolute atomic E-state index is 0.952. The van der Waals surface area contributed by atoms with E-state index in [4.69, 9.17) is 1.41 Å². The molecule has 0 unspecified atom stereocenters. The van der Waals surface area contributed by atoms with Crippen molar-refractivity contribution in [2.75, 3.05) is 0 Å². The molecule has 0 aromatic carbocycles. The molecule has 2 aromatic rings. The number of hydrogen-bond acceptors (Lipinski definition) is 1. The van der Waals surface area contributed by atoms with Crippen LogP contribution in [0.5, 0.6) is 0 Å². The number of nitrogens with one attached hydrogen (secondary N) is 1. The molecule has 0 amide bonds. The molecule has 1 N–H and O–H groups in total. The van der Waals surface area contributed by atoms with Crippen LogP contribution < -0.4 is 0 Å². The van der Waals surface area contributed by atoms with Gasteiger partial charge in [-0.05, 0) is 51.3 Å². The quantitative estimate of drug-likeness (QED) is 0.677. The first-order valence-electron chi connectivity index (χ1n) is 5.34. The van der Waals surface area contributed by atoms with Gasteiger partial charge >= 0.3 is 0 Å². The van der Waals surface area contributed by atoms with E-state index in [0.717, 1.165) is 28.0 Å². The van der Waals surface area contributed by atoms with Gasteiger partial charge in [-0.2, -0.15) is 0 Å². The normalized spacial score (nSPS) is 12.2. The SMILES string of the molecule is [2H]n1c(C)c(C)c2nc(C)c(C)c(C)c21. The molecule has 2 heteroatoms. The average molecular weight is 189 g/mol. The zero-order chi connectivity index (χ0) is 11.3. The zero-order valence-corrected chi connectivity index (χ0v) is 9.39. The fourth-order valence-electron chi connectivity index (χ4n) is 1.75. The van der Waals surface area contributed by atoms with E-state index in [1.165, 1.54) is 16.1 Å². The van der Waals surface area contributed by atoms with Crippen molar-refractivity contribution in [3.05, 3.63) is 28.1 Å². The van der Waals surface area contributed by atoms with Gasteiger partial charge < -0.3 is 4.98 Å². The molecule has 0 atom stereocenters. The molecule has 2 aromatic heterocycles. The van der Waals surface area contributed by atoms with Crippen LogP contribution in [0, 0.1) is 34.6 Å². The predicted octanol–water partition coefficient (Wildman–Crippen LogP) is 3.11. The maximum atomic E-state index is 7.99. The van der Waals surface area contributed by atoms with Crippen molar-refractivity contribution in [2.24, 2.45) is 0 Å². The summed E-state index contributed by atoms with van der Waals surface area (Å²) in [7, 11) is 0. The molecule has 0 bridgehead atoms. The van der Waals surface area contributed by atoms with Gasteiger partial charge in [-0.1, -0.05) is 0 Å². The van der Waals surface area contributed by atoms with Crippen LogP contribution in [0.1, 0.15) is 28.1 Å². The second-order valence-electron chi connectivity index (χ2n) is 3.97. The molecule has 0 radical (unpaired) electrons. The summed E-state index contributed by atoms with van der Waals surface area (Å²) in [4.78, 5) is 6.08. The summed E-state index contributed by atoms with van der Waals surface area (Å²) < 4.78 is 7.99. The second-order valence-corrected chi connectivity index (χ2v) is 3.97. The van der Waals surface area contributed by atoms with Crippen molar-refractivity contribution in [3.8, 4) is 0 Å². The number of H-pyrrole nitrogens is 1. The standard InChI is InChI=1S/C12H16N2/c1-6-7(2)11-12(13-9(6)4)8(3)10(5)14-11/h14H,1-5H3/i/hD. The largest absolute Gasteiger partial charge is 0.357 e. The fraction of sp³-hybridized carbons (Fsp3) is 0.417. The molecular formula is C12H16N2. The molecule has 74 valence electrons. The van der Waals surface area contributed by atoms with Crippen LogP contribution in [0.4, 0.5) is 0 Å². The van der Waals surface area contributed by atoms with Gasteiger partial charge in [0.15, 0.2) is 1.41 Å². The number of aromatic nitrogens is 2. The molecule has 2 rings (SSSR count). The van der Waals surface area contributed by atoms with Crippen LogP contribution in [0.2, 0.25) is 1.41 Å². The molecule has 0 aliphatic heterocycles. The Bertz CT molecular complexity index is 553. The summed E-state index contributed by atoms with van der Waals surface area (Å²) >= 11 is 0. The van der Waals surface area contributed by atoms with Crippen molar-refractivity contribution in [2.45, 2.75) is 34.6 Å². The van der Waals surface area contributed by atoms with Crippen LogP contribution >= 0.6 is 0 Å². The summed E-state index contributed by atoms with van der Waals surface area (Å²) in [5.41, 5.74) is 7.44. The first-order valence-corrected chi connectivity index (χ1v) is 4.89. The van der Waals surface area contributed by atoms with E-state index in [0.29, 0.717) is 0 Å². The van der Waals surface area contributed by atoms with E-state index in [-0.39, 0.29) is 0 Å². The highest BCUT2D eigenvalue weighted by Crippen LogP contribution is 2.25. The Morgan fingerprint density at radius 2 is 1.64 bits per heavy atom. The molecule has 0 aliphatic carbocycles. The molecular weight excluding hydrogens is 172 g/mol. The van der Waals surface area contributed by atoms with Gasteiger partial charge in [0.25, 0.3) is 0 Å². The van der Waals surface area contributed by atoms with E-state index in [2.05, 4.69) is 18.8 Å². The Labute approximate surface area is 85.8 Å². The molecule has 0 saturated carbocycles. The van der Waals surface area contributed by atoms with Gasteiger partial charge in [0.1, 0.15) is 0 Å². The average Bonchev–Trinajstić information content (AvgIpc) is 2.40. The summed E-state index contributed by atoms with van der Waals surface area (Å²) in [6.07, 6.45) is 0. The van der Waals surface area contributed by atoms with E-state index >= 15 is 0 Å².